The van der Waals surface area contributed by atoms with Gasteiger partial charge < -0.3 is 5.73 Å². The van der Waals surface area contributed by atoms with Gasteiger partial charge in [-0.15, -0.1) is 0 Å². The quantitative estimate of drug-likeness (QED) is 0.791. The predicted molar refractivity (Wildman–Crippen MR) is 79.8 cm³/mol. The zero-order valence-electron chi connectivity index (χ0n) is 11.5. The van der Waals surface area contributed by atoms with E-state index in [1.54, 1.807) is 0 Å². The van der Waals surface area contributed by atoms with Crippen molar-refractivity contribution < 1.29 is 0 Å². The standard InChI is InChI=1S/C17H21N/c1-4-13-6-7-15(10-14(13)5-2)16-8-12(3)9-17(18)11-16/h6-11H,4-5,18H2,1-3H3. The minimum Gasteiger partial charge on any atom is -0.399 e. The molecule has 0 saturated carbocycles. The van der Waals surface area contributed by atoms with Crippen LogP contribution in [0.25, 0.3) is 11.1 Å². The summed E-state index contributed by atoms with van der Waals surface area (Å²) in [5, 5.41) is 0. The van der Waals surface area contributed by atoms with Gasteiger partial charge in [-0.1, -0.05) is 38.1 Å². The van der Waals surface area contributed by atoms with Crippen LogP contribution in [0.1, 0.15) is 30.5 Å². The van der Waals surface area contributed by atoms with E-state index in [1.807, 2.05) is 12.1 Å². The van der Waals surface area contributed by atoms with E-state index in [0.717, 1.165) is 18.5 Å². The van der Waals surface area contributed by atoms with E-state index in [4.69, 9.17) is 5.73 Å². The Labute approximate surface area is 110 Å². The van der Waals surface area contributed by atoms with E-state index in [-0.39, 0.29) is 0 Å². The summed E-state index contributed by atoms with van der Waals surface area (Å²) in [5.74, 6) is 0. The second kappa shape index (κ2) is 5.26. The highest BCUT2D eigenvalue weighted by atomic mass is 14.5. The lowest BCUT2D eigenvalue weighted by Gasteiger charge is -2.10. The molecule has 1 heteroatoms. The summed E-state index contributed by atoms with van der Waals surface area (Å²) < 4.78 is 0. The van der Waals surface area contributed by atoms with Gasteiger partial charge in [-0.05, 0) is 59.7 Å². The maximum Gasteiger partial charge on any atom is 0.0322 e. The number of aryl methyl sites for hydroxylation is 3. The molecule has 0 fully saturated rings. The monoisotopic (exact) mass is 239 g/mol. The lowest BCUT2D eigenvalue weighted by Crippen LogP contribution is -1.93. The van der Waals surface area contributed by atoms with Crippen molar-refractivity contribution in [2.75, 3.05) is 5.73 Å². The molecule has 0 saturated heterocycles. The maximum absolute atomic E-state index is 5.92. The van der Waals surface area contributed by atoms with Crippen molar-refractivity contribution in [3.63, 3.8) is 0 Å². The van der Waals surface area contributed by atoms with Crippen molar-refractivity contribution in [1.29, 1.82) is 0 Å². The fourth-order valence-electron chi connectivity index (χ4n) is 2.46. The number of benzene rings is 2. The first-order valence-electron chi connectivity index (χ1n) is 6.63. The largest absolute Gasteiger partial charge is 0.399 e. The van der Waals surface area contributed by atoms with Gasteiger partial charge in [0.25, 0.3) is 0 Å². The lowest BCUT2D eigenvalue weighted by atomic mass is 9.95. The Morgan fingerprint density at radius 2 is 1.56 bits per heavy atom. The summed E-state index contributed by atoms with van der Waals surface area (Å²) in [4.78, 5) is 0. The number of rotatable bonds is 3. The molecule has 0 aliphatic heterocycles. The third-order valence-electron chi connectivity index (χ3n) is 3.40. The smallest absolute Gasteiger partial charge is 0.0322 e. The van der Waals surface area contributed by atoms with E-state index in [1.165, 1.54) is 27.8 Å². The van der Waals surface area contributed by atoms with Crippen molar-refractivity contribution >= 4 is 5.69 Å². The maximum atomic E-state index is 5.92. The Morgan fingerprint density at radius 1 is 0.833 bits per heavy atom. The lowest BCUT2D eigenvalue weighted by molar-refractivity contribution is 1.04. The minimum atomic E-state index is 0.836. The Kier molecular flexibility index (Phi) is 3.71. The number of hydrogen-bond acceptors (Lipinski definition) is 1. The number of hydrogen-bond donors (Lipinski definition) is 1. The van der Waals surface area contributed by atoms with Crippen LogP contribution >= 0.6 is 0 Å². The van der Waals surface area contributed by atoms with Gasteiger partial charge in [0.2, 0.25) is 0 Å². The highest BCUT2D eigenvalue weighted by Gasteiger charge is 2.04. The molecule has 0 bridgehead atoms. The normalized spacial score (nSPS) is 10.6. The second-order valence-electron chi connectivity index (χ2n) is 4.82. The summed E-state index contributed by atoms with van der Waals surface area (Å²) in [6.07, 6.45) is 2.18. The molecule has 18 heavy (non-hydrogen) atoms. The first kappa shape index (κ1) is 12.7. The number of nitrogens with two attached hydrogens (primary N) is 1. The molecule has 2 aromatic rings. The van der Waals surface area contributed by atoms with Gasteiger partial charge in [0, 0.05) is 5.69 Å². The van der Waals surface area contributed by atoms with Crippen LogP contribution < -0.4 is 5.73 Å². The van der Waals surface area contributed by atoms with Crippen LogP contribution in [0.3, 0.4) is 0 Å². The van der Waals surface area contributed by atoms with Crippen LogP contribution in [-0.2, 0) is 12.8 Å². The Bertz CT molecular complexity index is 535. The van der Waals surface area contributed by atoms with Crippen molar-refractivity contribution in [1.82, 2.24) is 0 Å². The highest BCUT2D eigenvalue weighted by Crippen LogP contribution is 2.26. The van der Waals surface area contributed by atoms with Gasteiger partial charge >= 0.3 is 0 Å². The number of anilines is 1. The van der Waals surface area contributed by atoms with Crippen molar-refractivity contribution in [3.8, 4) is 11.1 Å². The molecule has 94 valence electrons. The molecule has 0 atom stereocenters. The Morgan fingerprint density at radius 3 is 2.17 bits per heavy atom. The number of nitrogen functional groups attached to an aromatic ring is 1. The van der Waals surface area contributed by atoms with E-state index >= 15 is 0 Å². The third-order valence-corrected chi connectivity index (χ3v) is 3.40. The molecule has 1 nitrogen and oxygen atoms in total. The minimum absolute atomic E-state index is 0.836. The van der Waals surface area contributed by atoms with Crippen LogP contribution in [0, 0.1) is 6.92 Å². The van der Waals surface area contributed by atoms with Gasteiger partial charge in [0.15, 0.2) is 0 Å². The van der Waals surface area contributed by atoms with E-state index < -0.39 is 0 Å². The average molecular weight is 239 g/mol. The van der Waals surface area contributed by atoms with E-state index in [2.05, 4.69) is 45.0 Å². The van der Waals surface area contributed by atoms with Gasteiger partial charge in [-0.25, -0.2) is 0 Å². The molecule has 0 heterocycles. The fourth-order valence-corrected chi connectivity index (χ4v) is 2.46. The Hall–Kier alpha value is -1.76. The van der Waals surface area contributed by atoms with Crippen LogP contribution in [-0.4, -0.2) is 0 Å². The molecule has 2 N–H and O–H groups in total. The molecule has 0 spiro atoms. The van der Waals surface area contributed by atoms with Gasteiger partial charge in [-0.3, -0.25) is 0 Å². The van der Waals surface area contributed by atoms with Crippen LogP contribution in [0.15, 0.2) is 36.4 Å². The SMILES string of the molecule is CCc1ccc(-c2cc(C)cc(N)c2)cc1CC. The summed E-state index contributed by atoms with van der Waals surface area (Å²) in [5.41, 5.74) is 13.3. The van der Waals surface area contributed by atoms with Crippen LogP contribution in [0.4, 0.5) is 5.69 Å². The first-order valence-corrected chi connectivity index (χ1v) is 6.63. The highest BCUT2D eigenvalue weighted by molar-refractivity contribution is 5.69. The zero-order valence-corrected chi connectivity index (χ0v) is 11.5. The third kappa shape index (κ3) is 2.56. The van der Waals surface area contributed by atoms with Crippen molar-refractivity contribution in [2.24, 2.45) is 0 Å². The molecule has 0 amide bonds. The predicted octanol–water partition coefficient (Wildman–Crippen LogP) is 4.37. The second-order valence-corrected chi connectivity index (χ2v) is 4.82. The first-order chi connectivity index (χ1) is 8.63. The van der Waals surface area contributed by atoms with Gasteiger partial charge in [-0.2, -0.15) is 0 Å². The fraction of sp³-hybridized carbons (Fsp3) is 0.294. The van der Waals surface area contributed by atoms with Gasteiger partial charge in [0.05, 0.1) is 0 Å². The van der Waals surface area contributed by atoms with E-state index in [0.29, 0.717) is 0 Å². The molecular weight excluding hydrogens is 218 g/mol. The topological polar surface area (TPSA) is 26.0 Å². The van der Waals surface area contributed by atoms with E-state index in [9.17, 15) is 0 Å². The molecule has 2 rings (SSSR count). The molecule has 0 aromatic heterocycles. The van der Waals surface area contributed by atoms with Crippen molar-refractivity contribution in [2.45, 2.75) is 33.6 Å². The average Bonchev–Trinajstić information content (AvgIpc) is 2.36. The molecule has 2 aromatic carbocycles. The molecule has 0 unspecified atom stereocenters. The molecule has 0 aliphatic carbocycles. The molecule has 0 aliphatic rings. The van der Waals surface area contributed by atoms with Crippen LogP contribution in [0.5, 0.6) is 0 Å². The zero-order chi connectivity index (χ0) is 13.1. The Balaban J connectivity index is 2.50. The summed E-state index contributed by atoms with van der Waals surface area (Å²) >= 11 is 0. The van der Waals surface area contributed by atoms with Crippen LogP contribution in [0.2, 0.25) is 0 Å². The van der Waals surface area contributed by atoms with Crippen molar-refractivity contribution in [3.05, 3.63) is 53.1 Å². The molecule has 0 radical (unpaired) electrons. The summed E-state index contributed by atoms with van der Waals surface area (Å²) in [6.45, 7) is 6.50. The summed E-state index contributed by atoms with van der Waals surface area (Å²) in [6, 6.07) is 13.0. The van der Waals surface area contributed by atoms with Gasteiger partial charge in [0.1, 0.15) is 0 Å². The summed E-state index contributed by atoms with van der Waals surface area (Å²) in [7, 11) is 0. The molecular formula is C17H21N.